The second-order valence-electron chi connectivity index (χ2n) is 6.48. The summed E-state index contributed by atoms with van der Waals surface area (Å²) in [5, 5.41) is 0. The van der Waals surface area contributed by atoms with Gasteiger partial charge in [-0.05, 0) is 61.4 Å². The van der Waals surface area contributed by atoms with E-state index in [-0.39, 0.29) is 16.4 Å². The Kier molecular flexibility index (Phi) is 5.72. The smallest absolute Gasteiger partial charge is 0.258 e. The fourth-order valence-corrected chi connectivity index (χ4v) is 3.79. The first-order valence-electron chi connectivity index (χ1n) is 8.18. The molecule has 0 aromatic heterocycles. The van der Waals surface area contributed by atoms with Crippen molar-refractivity contribution in [1.29, 1.82) is 0 Å². The van der Waals surface area contributed by atoms with Crippen molar-refractivity contribution in [2.24, 2.45) is 5.73 Å². The van der Waals surface area contributed by atoms with Gasteiger partial charge in [0.1, 0.15) is 0 Å². The number of hydrogen-bond donors (Lipinski definition) is 1. The maximum atomic E-state index is 12.9. The largest absolute Gasteiger partial charge is 0.366 e. The van der Waals surface area contributed by atoms with Crippen molar-refractivity contribution < 1.29 is 18.0 Å². The highest BCUT2D eigenvalue weighted by Gasteiger charge is 2.24. The average molecular weight is 389 g/mol. The highest BCUT2D eigenvalue weighted by atomic mass is 32.2. The van der Waals surface area contributed by atoms with Gasteiger partial charge in [0.2, 0.25) is 15.9 Å². The van der Waals surface area contributed by atoms with Crippen LogP contribution in [0.25, 0.3) is 0 Å². The lowest BCUT2D eigenvalue weighted by Crippen LogP contribution is -2.28. The minimum atomic E-state index is -3.68. The van der Waals surface area contributed by atoms with Gasteiger partial charge in [0.05, 0.1) is 4.90 Å². The summed E-state index contributed by atoms with van der Waals surface area (Å²) in [6.07, 6.45) is 0. The first kappa shape index (κ1) is 20.6. The zero-order valence-corrected chi connectivity index (χ0v) is 16.8. The Morgan fingerprint density at radius 3 is 1.96 bits per heavy atom. The third-order valence-corrected chi connectivity index (χ3v) is 6.41. The first-order chi connectivity index (χ1) is 12.5. The third kappa shape index (κ3) is 4.01. The summed E-state index contributed by atoms with van der Waals surface area (Å²) in [4.78, 5) is 25.6. The van der Waals surface area contributed by atoms with Crippen molar-refractivity contribution >= 4 is 27.5 Å². The van der Waals surface area contributed by atoms with Crippen molar-refractivity contribution in [1.82, 2.24) is 4.31 Å². The van der Waals surface area contributed by atoms with Gasteiger partial charge in [0, 0.05) is 38.0 Å². The lowest BCUT2D eigenvalue weighted by Gasteiger charge is -2.20. The van der Waals surface area contributed by atoms with Crippen LogP contribution in [-0.4, -0.2) is 45.7 Å². The number of sulfonamides is 1. The van der Waals surface area contributed by atoms with Gasteiger partial charge < -0.3 is 10.6 Å². The van der Waals surface area contributed by atoms with Crippen LogP contribution in [0, 0.1) is 13.8 Å². The minimum Gasteiger partial charge on any atom is -0.366 e. The first-order valence-corrected chi connectivity index (χ1v) is 9.62. The second-order valence-corrected chi connectivity index (χ2v) is 8.60. The number of carbonyl (C=O) groups is 2. The van der Waals surface area contributed by atoms with Gasteiger partial charge in [-0.1, -0.05) is 0 Å². The average Bonchev–Trinajstić information content (AvgIpc) is 2.62. The van der Waals surface area contributed by atoms with E-state index in [1.807, 2.05) is 0 Å². The lowest BCUT2D eigenvalue weighted by molar-refractivity contribution is 0.0989. The van der Waals surface area contributed by atoms with Crippen LogP contribution in [-0.2, 0) is 10.0 Å². The molecule has 0 saturated carbocycles. The molecule has 0 aliphatic heterocycles. The molecule has 0 saturated heterocycles. The molecule has 7 nitrogen and oxygen atoms in total. The monoisotopic (exact) mass is 389 g/mol. The Labute approximate surface area is 159 Å². The Morgan fingerprint density at radius 2 is 1.48 bits per heavy atom. The van der Waals surface area contributed by atoms with E-state index in [1.54, 1.807) is 39.1 Å². The van der Waals surface area contributed by atoms with Crippen LogP contribution in [0.2, 0.25) is 0 Å². The molecular weight excluding hydrogens is 366 g/mol. The molecule has 2 aromatic carbocycles. The van der Waals surface area contributed by atoms with Gasteiger partial charge >= 0.3 is 0 Å². The topological polar surface area (TPSA) is 101 Å². The summed E-state index contributed by atoms with van der Waals surface area (Å²) in [5.41, 5.74) is 7.69. The van der Waals surface area contributed by atoms with Crippen LogP contribution >= 0.6 is 0 Å². The summed E-state index contributed by atoms with van der Waals surface area (Å²) >= 11 is 0. The number of benzene rings is 2. The van der Waals surface area contributed by atoms with Gasteiger partial charge in [-0.3, -0.25) is 9.59 Å². The van der Waals surface area contributed by atoms with E-state index in [0.717, 1.165) is 4.31 Å². The van der Waals surface area contributed by atoms with E-state index in [1.165, 1.54) is 37.2 Å². The predicted octanol–water partition coefficient (Wildman–Crippen LogP) is 1.93. The molecule has 0 atom stereocenters. The summed E-state index contributed by atoms with van der Waals surface area (Å²) < 4.78 is 26.3. The molecule has 144 valence electrons. The van der Waals surface area contributed by atoms with Crippen LogP contribution in [0.1, 0.15) is 31.8 Å². The standard InChI is InChI=1S/C19H23N3O4S/c1-12-10-15(11-17(13(12)2)27(25,26)21(3)4)19(24)22(5)16-8-6-14(7-9-16)18(20)23/h6-11H,1-5H3,(H2,20,23). The maximum Gasteiger partial charge on any atom is 0.258 e. The van der Waals surface area contributed by atoms with Crippen molar-refractivity contribution in [2.45, 2.75) is 18.7 Å². The molecular formula is C19H23N3O4S. The molecule has 2 N–H and O–H groups in total. The molecule has 2 amide bonds. The van der Waals surface area contributed by atoms with Gasteiger partial charge in [0.15, 0.2) is 0 Å². The van der Waals surface area contributed by atoms with Crippen molar-refractivity contribution in [2.75, 3.05) is 26.0 Å². The highest BCUT2D eigenvalue weighted by Crippen LogP contribution is 2.25. The Hall–Kier alpha value is -2.71. The SMILES string of the molecule is Cc1cc(C(=O)N(C)c2ccc(C(N)=O)cc2)cc(S(=O)(=O)N(C)C)c1C. The molecule has 0 unspecified atom stereocenters. The summed E-state index contributed by atoms with van der Waals surface area (Å²) in [5.74, 6) is -0.914. The predicted molar refractivity (Wildman–Crippen MR) is 104 cm³/mol. The van der Waals surface area contributed by atoms with Crippen molar-refractivity contribution in [3.05, 3.63) is 58.7 Å². The fraction of sp³-hybridized carbons (Fsp3) is 0.263. The van der Waals surface area contributed by atoms with E-state index in [2.05, 4.69) is 0 Å². The molecule has 8 heteroatoms. The molecule has 0 bridgehead atoms. The number of nitrogens with two attached hydrogens (primary N) is 1. The van der Waals surface area contributed by atoms with Crippen LogP contribution in [0.3, 0.4) is 0 Å². The van der Waals surface area contributed by atoms with Crippen LogP contribution < -0.4 is 10.6 Å². The molecule has 27 heavy (non-hydrogen) atoms. The number of primary amides is 1. The molecule has 0 radical (unpaired) electrons. The molecule has 0 spiro atoms. The number of anilines is 1. The van der Waals surface area contributed by atoms with E-state index < -0.39 is 15.9 Å². The van der Waals surface area contributed by atoms with Crippen molar-refractivity contribution in [3.8, 4) is 0 Å². The number of aryl methyl sites for hydroxylation is 1. The normalized spacial score (nSPS) is 11.5. The maximum absolute atomic E-state index is 12.9. The zero-order chi connectivity index (χ0) is 20.5. The number of nitrogens with zero attached hydrogens (tertiary/aromatic N) is 2. The number of hydrogen-bond acceptors (Lipinski definition) is 4. The van der Waals surface area contributed by atoms with E-state index in [0.29, 0.717) is 22.4 Å². The number of amides is 2. The molecule has 2 aromatic rings. The van der Waals surface area contributed by atoms with Gasteiger partial charge in [0.25, 0.3) is 5.91 Å². The van der Waals surface area contributed by atoms with Crippen LogP contribution in [0.15, 0.2) is 41.3 Å². The molecule has 0 aliphatic carbocycles. The molecule has 0 aliphatic rings. The summed E-state index contributed by atoms with van der Waals surface area (Å²) in [6, 6.07) is 9.34. The summed E-state index contributed by atoms with van der Waals surface area (Å²) in [7, 11) is 0.799. The van der Waals surface area contributed by atoms with Crippen molar-refractivity contribution in [3.63, 3.8) is 0 Å². The lowest BCUT2D eigenvalue weighted by atomic mass is 10.0. The van der Waals surface area contributed by atoms with Crippen LogP contribution in [0.5, 0.6) is 0 Å². The van der Waals surface area contributed by atoms with Crippen LogP contribution in [0.4, 0.5) is 5.69 Å². The van der Waals surface area contributed by atoms with E-state index >= 15 is 0 Å². The summed E-state index contributed by atoms with van der Waals surface area (Å²) in [6.45, 7) is 3.48. The zero-order valence-electron chi connectivity index (χ0n) is 16.0. The van der Waals surface area contributed by atoms with Gasteiger partial charge in [-0.25, -0.2) is 12.7 Å². The van der Waals surface area contributed by atoms with Gasteiger partial charge in [-0.15, -0.1) is 0 Å². The fourth-order valence-electron chi connectivity index (χ4n) is 2.58. The van der Waals surface area contributed by atoms with E-state index in [9.17, 15) is 18.0 Å². The highest BCUT2D eigenvalue weighted by molar-refractivity contribution is 7.89. The van der Waals surface area contributed by atoms with E-state index in [4.69, 9.17) is 5.73 Å². The Morgan fingerprint density at radius 1 is 0.926 bits per heavy atom. The van der Waals surface area contributed by atoms with Gasteiger partial charge in [-0.2, -0.15) is 0 Å². The minimum absolute atomic E-state index is 0.105. The quantitative estimate of drug-likeness (QED) is 0.844. The number of rotatable bonds is 5. The molecule has 0 fully saturated rings. The molecule has 0 heterocycles. The molecule has 2 rings (SSSR count). The Bertz CT molecular complexity index is 996. The number of carbonyl (C=O) groups excluding carboxylic acids is 2. The Balaban J connectivity index is 2.47. The third-order valence-electron chi connectivity index (χ3n) is 4.47. The second kappa shape index (κ2) is 7.50.